The summed E-state index contributed by atoms with van der Waals surface area (Å²) in [7, 11) is 0. The zero-order valence-electron chi connectivity index (χ0n) is 11.5. The van der Waals surface area contributed by atoms with Gasteiger partial charge >= 0.3 is 0 Å². The highest BCUT2D eigenvalue weighted by atomic mass is 35.5. The maximum Gasteiger partial charge on any atom is 0.228 e. The van der Waals surface area contributed by atoms with E-state index in [1.54, 1.807) is 0 Å². The van der Waals surface area contributed by atoms with Crippen molar-refractivity contribution in [2.75, 3.05) is 0 Å². The van der Waals surface area contributed by atoms with Crippen molar-refractivity contribution in [3.63, 3.8) is 0 Å². The first kappa shape index (κ1) is 14.1. The lowest BCUT2D eigenvalue weighted by Crippen LogP contribution is -2.40. The van der Waals surface area contributed by atoms with Crippen molar-refractivity contribution < 1.29 is 9.32 Å². The van der Waals surface area contributed by atoms with E-state index in [0.717, 1.165) is 18.4 Å². The molecule has 1 aromatic heterocycles. The van der Waals surface area contributed by atoms with Gasteiger partial charge in [-0.05, 0) is 30.5 Å². The van der Waals surface area contributed by atoms with Crippen LogP contribution < -0.4 is 5.32 Å². The van der Waals surface area contributed by atoms with E-state index in [2.05, 4.69) is 15.5 Å². The molecule has 6 heteroatoms. The van der Waals surface area contributed by atoms with Gasteiger partial charge < -0.3 is 9.84 Å². The van der Waals surface area contributed by atoms with Crippen LogP contribution in [0.3, 0.4) is 0 Å². The number of carbonyl (C=O) groups is 1. The molecule has 1 N–H and O–H groups in total. The third kappa shape index (κ3) is 3.82. The molecule has 1 unspecified atom stereocenters. The lowest BCUT2D eigenvalue weighted by Gasteiger charge is -2.21. The molecule has 1 amide bonds. The van der Waals surface area contributed by atoms with Gasteiger partial charge in [-0.2, -0.15) is 4.98 Å². The summed E-state index contributed by atoms with van der Waals surface area (Å²) in [5.41, 5.74) is 1.04. The molecule has 1 saturated heterocycles. The van der Waals surface area contributed by atoms with E-state index in [4.69, 9.17) is 16.1 Å². The zero-order chi connectivity index (χ0) is 14.7. The van der Waals surface area contributed by atoms with Crippen LogP contribution in [0.5, 0.6) is 0 Å². The number of carbonyl (C=O) groups excluding carboxylic acids is 1. The Hall–Kier alpha value is -1.88. The van der Waals surface area contributed by atoms with Gasteiger partial charge in [0.25, 0.3) is 0 Å². The van der Waals surface area contributed by atoms with Crippen LogP contribution in [0.1, 0.15) is 36.5 Å². The Morgan fingerprint density at radius 1 is 1.43 bits per heavy atom. The Balaban J connectivity index is 1.62. The number of piperidine rings is 1. The number of aromatic nitrogens is 2. The number of benzene rings is 1. The van der Waals surface area contributed by atoms with Crippen molar-refractivity contribution in [2.45, 2.75) is 38.1 Å². The van der Waals surface area contributed by atoms with Crippen LogP contribution in [-0.2, 0) is 17.6 Å². The quantitative estimate of drug-likeness (QED) is 0.942. The van der Waals surface area contributed by atoms with Gasteiger partial charge in [-0.1, -0.05) is 28.9 Å². The van der Waals surface area contributed by atoms with Gasteiger partial charge in [-0.15, -0.1) is 0 Å². The SMILES string of the molecule is O=C1CCCC(Cc2nc(Cc3cccc(Cl)c3)no2)N1. The predicted octanol–water partition coefficient (Wildman–Crippen LogP) is 2.53. The Morgan fingerprint density at radius 3 is 3.14 bits per heavy atom. The number of nitrogens with zero attached hydrogens (tertiary/aromatic N) is 2. The molecule has 1 aromatic carbocycles. The van der Waals surface area contributed by atoms with Gasteiger partial charge in [0.05, 0.1) is 0 Å². The smallest absolute Gasteiger partial charge is 0.228 e. The molecule has 21 heavy (non-hydrogen) atoms. The average molecular weight is 306 g/mol. The second-order valence-electron chi connectivity index (χ2n) is 5.27. The average Bonchev–Trinajstić information content (AvgIpc) is 2.86. The number of nitrogens with one attached hydrogen (secondary N) is 1. The molecule has 5 nitrogen and oxygen atoms in total. The molecule has 1 atom stereocenters. The molecule has 1 aliphatic heterocycles. The standard InChI is InChI=1S/C15H16ClN3O2/c16-11-4-1-3-10(7-11)8-13-18-15(21-19-13)9-12-5-2-6-14(20)17-12/h1,3-4,7,12H,2,5-6,8-9H2,(H,17,20). The Bertz CT molecular complexity index is 641. The molecule has 110 valence electrons. The van der Waals surface area contributed by atoms with Crippen molar-refractivity contribution in [2.24, 2.45) is 0 Å². The van der Waals surface area contributed by atoms with E-state index in [1.165, 1.54) is 0 Å². The predicted molar refractivity (Wildman–Crippen MR) is 78.0 cm³/mol. The molecule has 1 aliphatic rings. The third-order valence-corrected chi connectivity index (χ3v) is 3.74. The largest absolute Gasteiger partial charge is 0.353 e. The van der Waals surface area contributed by atoms with Crippen LogP contribution in [0, 0.1) is 0 Å². The minimum Gasteiger partial charge on any atom is -0.353 e. The molecule has 3 rings (SSSR count). The van der Waals surface area contributed by atoms with Gasteiger partial charge in [0.1, 0.15) is 0 Å². The third-order valence-electron chi connectivity index (χ3n) is 3.50. The molecule has 2 heterocycles. The summed E-state index contributed by atoms with van der Waals surface area (Å²) >= 11 is 5.95. The zero-order valence-corrected chi connectivity index (χ0v) is 12.3. The summed E-state index contributed by atoms with van der Waals surface area (Å²) in [5.74, 6) is 1.30. The van der Waals surface area contributed by atoms with Crippen LogP contribution in [0.15, 0.2) is 28.8 Å². The van der Waals surface area contributed by atoms with E-state index in [0.29, 0.717) is 36.0 Å². The topological polar surface area (TPSA) is 68.0 Å². The van der Waals surface area contributed by atoms with Crippen LogP contribution >= 0.6 is 11.6 Å². The van der Waals surface area contributed by atoms with Gasteiger partial charge in [0.15, 0.2) is 5.82 Å². The summed E-state index contributed by atoms with van der Waals surface area (Å²) in [6.45, 7) is 0. The molecule has 0 saturated carbocycles. The number of amides is 1. The van der Waals surface area contributed by atoms with Crippen molar-refractivity contribution >= 4 is 17.5 Å². The second kappa shape index (κ2) is 6.26. The van der Waals surface area contributed by atoms with Gasteiger partial charge in [0, 0.05) is 30.3 Å². The van der Waals surface area contributed by atoms with Crippen molar-refractivity contribution in [1.82, 2.24) is 15.5 Å². The first-order valence-electron chi connectivity index (χ1n) is 7.04. The summed E-state index contributed by atoms with van der Waals surface area (Å²) in [6.07, 6.45) is 3.66. The van der Waals surface area contributed by atoms with Crippen LogP contribution in [0.4, 0.5) is 0 Å². The van der Waals surface area contributed by atoms with Crippen LogP contribution in [0.25, 0.3) is 0 Å². The number of halogens is 1. The number of rotatable bonds is 4. The van der Waals surface area contributed by atoms with Crippen LogP contribution in [0.2, 0.25) is 5.02 Å². The highest BCUT2D eigenvalue weighted by Crippen LogP contribution is 2.15. The van der Waals surface area contributed by atoms with Crippen LogP contribution in [-0.4, -0.2) is 22.1 Å². The highest BCUT2D eigenvalue weighted by molar-refractivity contribution is 6.30. The summed E-state index contributed by atoms with van der Waals surface area (Å²) in [5, 5.41) is 7.63. The first-order chi connectivity index (χ1) is 10.2. The minimum atomic E-state index is 0.102. The molecular formula is C15H16ClN3O2. The maximum atomic E-state index is 11.4. The fourth-order valence-corrected chi connectivity index (χ4v) is 2.73. The minimum absolute atomic E-state index is 0.102. The molecule has 2 aromatic rings. The summed E-state index contributed by atoms with van der Waals surface area (Å²) in [6, 6.07) is 7.70. The molecular weight excluding hydrogens is 290 g/mol. The molecule has 0 spiro atoms. The van der Waals surface area contributed by atoms with Crippen molar-refractivity contribution in [3.05, 3.63) is 46.6 Å². The first-order valence-corrected chi connectivity index (χ1v) is 7.42. The molecule has 0 aliphatic carbocycles. The maximum absolute atomic E-state index is 11.4. The normalized spacial score (nSPS) is 18.5. The Morgan fingerprint density at radius 2 is 2.33 bits per heavy atom. The lowest BCUT2D eigenvalue weighted by atomic mass is 10.0. The summed E-state index contributed by atoms with van der Waals surface area (Å²) < 4.78 is 5.26. The van der Waals surface area contributed by atoms with Crippen molar-refractivity contribution in [3.8, 4) is 0 Å². The molecule has 0 bridgehead atoms. The van der Waals surface area contributed by atoms with E-state index >= 15 is 0 Å². The second-order valence-corrected chi connectivity index (χ2v) is 5.71. The monoisotopic (exact) mass is 305 g/mol. The number of hydrogen-bond donors (Lipinski definition) is 1. The molecule has 0 radical (unpaired) electrons. The van der Waals surface area contributed by atoms with Gasteiger partial charge in [-0.25, -0.2) is 0 Å². The van der Waals surface area contributed by atoms with E-state index in [9.17, 15) is 4.79 Å². The lowest BCUT2D eigenvalue weighted by molar-refractivity contribution is -0.123. The van der Waals surface area contributed by atoms with E-state index in [-0.39, 0.29) is 11.9 Å². The fourth-order valence-electron chi connectivity index (χ4n) is 2.52. The van der Waals surface area contributed by atoms with Crippen molar-refractivity contribution in [1.29, 1.82) is 0 Å². The van der Waals surface area contributed by atoms with Gasteiger partial charge in [0.2, 0.25) is 11.8 Å². The fraction of sp³-hybridized carbons (Fsp3) is 0.400. The number of hydrogen-bond acceptors (Lipinski definition) is 4. The Kier molecular flexibility index (Phi) is 4.20. The molecule has 1 fully saturated rings. The Labute approximate surface area is 127 Å². The van der Waals surface area contributed by atoms with E-state index in [1.807, 2.05) is 24.3 Å². The van der Waals surface area contributed by atoms with Gasteiger partial charge in [-0.3, -0.25) is 4.79 Å². The summed E-state index contributed by atoms with van der Waals surface area (Å²) in [4.78, 5) is 15.7. The van der Waals surface area contributed by atoms with E-state index < -0.39 is 0 Å². The highest BCUT2D eigenvalue weighted by Gasteiger charge is 2.20.